The second kappa shape index (κ2) is 10.3. The molecule has 1 nitrogen and oxygen atoms in total. The summed E-state index contributed by atoms with van der Waals surface area (Å²) in [5, 5.41) is 2.53. The summed E-state index contributed by atoms with van der Waals surface area (Å²) in [5.41, 5.74) is 18.7. The largest absolute Gasteiger partial charge is 0.309 e. The molecule has 9 aromatic rings. The van der Waals surface area contributed by atoms with E-state index in [1.54, 1.807) is 0 Å². The summed E-state index contributed by atoms with van der Waals surface area (Å²) >= 11 is 0. The molecule has 0 radical (unpaired) electrons. The van der Waals surface area contributed by atoms with Gasteiger partial charge < -0.3 is 4.57 Å². The van der Waals surface area contributed by atoms with Crippen molar-refractivity contribution in [2.24, 2.45) is 0 Å². The van der Waals surface area contributed by atoms with Gasteiger partial charge >= 0.3 is 0 Å². The van der Waals surface area contributed by atoms with E-state index in [1.807, 2.05) is 0 Å². The van der Waals surface area contributed by atoms with Gasteiger partial charge in [0.1, 0.15) is 0 Å². The van der Waals surface area contributed by atoms with Gasteiger partial charge in [-0.2, -0.15) is 0 Å². The molecule has 8 aromatic carbocycles. The second-order valence-corrected chi connectivity index (χ2v) is 13.6. The highest BCUT2D eigenvalue weighted by atomic mass is 15.0. The second-order valence-electron chi connectivity index (χ2n) is 13.6. The zero-order valence-corrected chi connectivity index (χ0v) is 27.3. The molecule has 0 fully saturated rings. The Hall–Kier alpha value is -6.44. The lowest BCUT2D eigenvalue weighted by atomic mass is 9.65. The zero-order valence-electron chi connectivity index (χ0n) is 27.3. The molecule has 1 aromatic heterocycles. The highest BCUT2D eigenvalue weighted by Gasteiger charge is 2.49. The Balaban J connectivity index is 1.21. The molecule has 1 heterocycles. The van der Waals surface area contributed by atoms with Crippen molar-refractivity contribution in [3.05, 3.63) is 210 Å². The van der Waals surface area contributed by atoms with Crippen LogP contribution in [0.3, 0.4) is 0 Å². The molecule has 1 spiro atoms. The molecular formula is C49H31N. The minimum atomic E-state index is -0.485. The Morgan fingerprint density at radius 3 is 1.42 bits per heavy atom. The standard InChI is InChI=1S/C49H31N/c1-2-14-34(15-3-1)50-47-25-13-9-21-41(47)42-30-32(27-29-48(42)50)33-26-28-40-39-20-8-12-24-45(39)49(46(40)31-33)43-22-10-6-18-37(43)35-16-4-5-17-36(35)38-19-7-11-23-44(38)49/h1-31H. The van der Waals surface area contributed by atoms with Crippen molar-refractivity contribution in [3.8, 4) is 50.2 Å². The number of rotatable bonds is 2. The van der Waals surface area contributed by atoms with Crippen molar-refractivity contribution in [2.75, 3.05) is 0 Å². The van der Waals surface area contributed by atoms with Crippen LogP contribution >= 0.6 is 0 Å². The van der Waals surface area contributed by atoms with Crippen molar-refractivity contribution in [2.45, 2.75) is 5.41 Å². The SMILES string of the molecule is c1ccc(-n2c3ccccc3c3cc(-c4ccc5c(c4)C4(c6ccccc6-c6ccccc6-c6ccccc64)c4ccccc4-5)ccc32)cc1. The van der Waals surface area contributed by atoms with Crippen LogP contribution in [0.15, 0.2) is 188 Å². The normalized spacial score (nSPS) is 13.4. The van der Waals surface area contributed by atoms with Crippen molar-refractivity contribution in [1.29, 1.82) is 0 Å². The third kappa shape index (κ3) is 3.56. The molecule has 232 valence electrons. The van der Waals surface area contributed by atoms with Crippen LogP contribution in [0, 0.1) is 0 Å². The van der Waals surface area contributed by atoms with Crippen molar-refractivity contribution < 1.29 is 0 Å². The first-order valence-corrected chi connectivity index (χ1v) is 17.4. The lowest BCUT2D eigenvalue weighted by Gasteiger charge is -2.35. The summed E-state index contributed by atoms with van der Waals surface area (Å²) in [4.78, 5) is 0. The molecule has 2 aliphatic carbocycles. The molecule has 0 bridgehead atoms. The van der Waals surface area contributed by atoms with E-state index >= 15 is 0 Å². The predicted octanol–water partition coefficient (Wildman–Crippen LogP) is 12.5. The summed E-state index contributed by atoms with van der Waals surface area (Å²) in [6, 6.07) is 69.9. The van der Waals surface area contributed by atoms with Crippen LogP contribution < -0.4 is 0 Å². The van der Waals surface area contributed by atoms with Gasteiger partial charge in [-0.15, -0.1) is 0 Å². The maximum atomic E-state index is 2.50. The van der Waals surface area contributed by atoms with Crippen LogP contribution in [0.5, 0.6) is 0 Å². The molecule has 0 aliphatic heterocycles. The lowest BCUT2D eigenvalue weighted by molar-refractivity contribution is 0.775. The Bertz CT molecular complexity index is 2750. The Labute approximate surface area is 291 Å². The number of nitrogens with zero attached hydrogens (tertiary/aromatic N) is 1. The fraction of sp³-hybridized carbons (Fsp3) is 0.0204. The van der Waals surface area contributed by atoms with Crippen LogP contribution in [-0.4, -0.2) is 4.57 Å². The number of aromatic nitrogens is 1. The summed E-state index contributed by atoms with van der Waals surface area (Å²) < 4.78 is 2.39. The quantitative estimate of drug-likeness (QED) is 0.178. The fourth-order valence-electron chi connectivity index (χ4n) is 9.23. The maximum Gasteiger partial charge on any atom is 0.0725 e. The fourth-order valence-corrected chi connectivity index (χ4v) is 9.23. The van der Waals surface area contributed by atoms with Gasteiger partial charge in [-0.1, -0.05) is 152 Å². The molecule has 0 N–H and O–H groups in total. The lowest BCUT2D eigenvalue weighted by Crippen LogP contribution is -2.29. The topological polar surface area (TPSA) is 4.93 Å². The van der Waals surface area contributed by atoms with Crippen LogP contribution in [0.4, 0.5) is 0 Å². The number of hydrogen-bond donors (Lipinski definition) is 0. The van der Waals surface area contributed by atoms with E-state index in [4.69, 9.17) is 0 Å². The van der Waals surface area contributed by atoms with E-state index in [0.717, 1.165) is 0 Å². The number of benzene rings is 8. The Kier molecular flexibility index (Phi) is 5.66. The average molecular weight is 634 g/mol. The van der Waals surface area contributed by atoms with E-state index in [1.165, 1.54) is 94.3 Å². The predicted molar refractivity (Wildman–Crippen MR) is 208 cm³/mol. The average Bonchev–Trinajstić information content (AvgIpc) is 3.64. The molecule has 11 rings (SSSR count). The van der Waals surface area contributed by atoms with Gasteiger partial charge in [0.15, 0.2) is 0 Å². The highest BCUT2D eigenvalue weighted by molar-refractivity contribution is 6.10. The van der Waals surface area contributed by atoms with Crippen molar-refractivity contribution >= 4 is 21.8 Å². The monoisotopic (exact) mass is 633 g/mol. The molecule has 1 heteroatoms. The van der Waals surface area contributed by atoms with E-state index in [0.29, 0.717) is 0 Å². The summed E-state index contributed by atoms with van der Waals surface area (Å²) in [6.07, 6.45) is 0. The number of hydrogen-bond acceptors (Lipinski definition) is 0. The van der Waals surface area contributed by atoms with Gasteiger partial charge in [-0.3, -0.25) is 0 Å². The van der Waals surface area contributed by atoms with Gasteiger partial charge in [0.25, 0.3) is 0 Å². The Morgan fingerprint density at radius 2 is 0.760 bits per heavy atom. The first kappa shape index (κ1) is 27.5. The van der Waals surface area contributed by atoms with E-state index in [-0.39, 0.29) is 0 Å². The van der Waals surface area contributed by atoms with E-state index < -0.39 is 5.41 Å². The van der Waals surface area contributed by atoms with E-state index in [2.05, 4.69) is 193 Å². The summed E-state index contributed by atoms with van der Waals surface area (Å²) in [6.45, 7) is 0. The van der Waals surface area contributed by atoms with Gasteiger partial charge in [0, 0.05) is 16.5 Å². The minimum absolute atomic E-state index is 0.485. The van der Waals surface area contributed by atoms with Gasteiger partial charge in [0.2, 0.25) is 0 Å². The van der Waals surface area contributed by atoms with Crippen LogP contribution in [0.2, 0.25) is 0 Å². The van der Waals surface area contributed by atoms with Gasteiger partial charge in [-0.05, 0) is 103 Å². The highest BCUT2D eigenvalue weighted by Crippen LogP contribution is 2.61. The number of fused-ring (bicyclic) bond motifs is 15. The van der Waals surface area contributed by atoms with Crippen molar-refractivity contribution in [3.63, 3.8) is 0 Å². The first-order chi connectivity index (χ1) is 24.8. The third-order valence-corrected chi connectivity index (χ3v) is 11.2. The zero-order chi connectivity index (χ0) is 32.8. The molecule has 2 aliphatic rings. The molecule has 0 saturated carbocycles. The molecule has 0 saturated heterocycles. The third-order valence-electron chi connectivity index (χ3n) is 11.2. The van der Waals surface area contributed by atoms with Crippen LogP contribution in [0.1, 0.15) is 22.3 Å². The molecule has 50 heavy (non-hydrogen) atoms. The minimum Gasteiger partial charge on any atom is -0.309 e. The maximum absolute atomic E-state index is 2.50. The van der Waals surface area contributed by atoms with Crippen LogP contribution in [-0.2, 0) is 5.41 Å². The number of para-hydroxylation sites is 2. The molecular weight excluding hydrogens is 603 g/mol. The smallest absolute Gasteiger partial charge is 0.0725 e. The van der Waals surface area contributed by atoms with Gasteiger partial charge in [-0.25, -0.2) is 0 Å². The van der Waals surface area contributed by atoms with Crippen LogP contribution in [0.25, 0.3) is 72.0 Å². The van der Waals surface area contributed by atoms with Gasteiger partial charge in [0.05, 0.1) is 16.4 Å². The summed E-state index contributed by atoms with van der Waals surface area (Å²) in [5.74, 6) is 0. The van der Waals surface area contributed by atoms with Crippen molar-refractivity contribution in [1.82, 2.24) is 4.57 Å². The molecule has 0 atom stereocenters. The Morgan fingerprint density at radius 1 is 0.300 bits per heavy atom. The molecule has 0 amide bonds. The summed E-state index contributed by atoms with van der Waals surface area (Å²) in [7, 11) is 0. The molecule has 0 unspecified atom stereocenters. The first-order valence-electron chi connectivity index (χ1n) is 17.4. The van der Waals surface area contributed by atoms with E-state index in [9.17, 15) is 0 Å².